The van der Waals surface area contributed by atoms with E-state index in [0.29, 0.717) is 44.5 Å². The molecule has 3 aliphatic rings. The van der Waals surface area contributed by atoms with Crippen molar-refractivity contribution in [3.63, 3.8) is 0 Å². The molecule has 0 heterocycles. The first-order chi connectivity index (χ1) is 35.8. The zero-order valence-corrected chi connectivity index (χ0v) is 41.7. The van der Waals surface area contributed by atoms with E-state index in [-0.39, 0.29) is 110 Å². The molecular weight excluding hydrogens is 953 g/mol. The summed E-state index contributed by atoms with van der Waals surface area (Å²) in [5.74, 6) is -3.42. The summed E-state index contributed by atoms with van der Waals surface area (Å²) in [7, 11) is 0. The number of rotatable bonds is 16. The summed E-state index contributed by atoms with van der Waals surface area (Å²) >= 11 is 0. The fraction of sp³-hybridized carbons (Fsp3) is 0.310. The standard InChI is InChI=1S/C58H56O16/c1-5-67-49(61)31-71-55-35-13-9-17-39(55)23-43-27-47(59)28-44(53(43)65)25-41-19-11-15-37(57(41)73-33-51(63)69-7-3)22-38-16-12-20-42(58(38)74-34-52(64)70-8-4)26-46-30-48(60)29-45(54(46)66)24-40-18-10-14-36(21-35)56(40)72-32-50(62)68-6-2/h9-20,27-30H,5-8,21-26,31-34H2,1-4H3. The van der Waals surface area contributed by atoms with Crippen LogP contribution in [0.1, 0.15) is 72.2 Å². The van der Waals surface area contributed by atoms with E-state index in [9.17, 15) is 38.4 Å². The summed E-state index contributed by atoms with van der Waals surface area (Å²) in [4.78, 5) is 108. The van der Waals surface area contributed by atoms with Gasteiger partial charge < -0.3 is 37.9 Å². The molecule has 4 aromatic carbocycles. The second-order valence-electron chi connectivity index (χ2n) is 17.2. The van der Waals surface area contributed by atoms with Gasteiger partial charge in [-0.25, -0.2) is 19.2 Å². The zero-order chi connectivity index (χ0) is 52.7. The fourth-order valence-corrected chi connectivity index (χ4v) is 8.94. The number of esters is 4. The van der Waals surface area contributed by atoms with Gasteiger partial charge >= 0.3 is 23.9 Å². The highest BCUT2D eigenvalue weighted by atomic mass is 16.6. The molecule has 4 aromatic rings. The number of hydrogen-bond acceptors (Lipinski definition) is 16. The van der Waals surface area contributed by atoms with E-state index < -0.39 is 73.4 Å². The second-order valence-corrected chi connectivity index (χ2v) is 17.2. The predicted molar refractivity (Wildman–Crippen MR) is 267 cm³/mol. The van der Waals surface area contributed by atoms with Crippen molar-refractivity contribution in [3.05, 3.63) is 164 Å². The third kappa shape index (κ3) is 13.6. The first-order valence-corrected chi connectivity index (χ1v) is 24.3. The number of Topliss-reactive ketones (excluding diaryl/α,β-unsaturated/α-hetero) is 2. The van der Waals surface area contributed by atoms with Crippen molar-refractivity contribution in [2.24, 2.45) is 0 Å². The van der Waals surface area contributed by atoms with Crippen LogP contribution in [-0.2, 0) is 95.8 Å². The third-order valence-corrected chi connectivity index (χ3v) is 12.0. The highest BCUT2D eigenvalue weighted by molar-refractivity contribution is 6.21. The van der Waals surface area contributed by atoms with Crippen molar-refractivity contribution in [1.82, 2.24) is 0 Å². The van der Waals surface area contributed by atoms with Gasteiger partial charge in [0, 0.05) is 60.8 Å². The van der Waals surface area contributed by atoms with Crippen molar-refractivity contribution >= 4 is 47.0 Å². The van der Waals surface area contributed by atoms with Crippen LogP contribution in [-0.4, -0.2) is 99.9 Å². The van der Waals surface area contributed by atoms with Crippen molar-refractivity contribution in [2.75, 3.05) is 52.9 Å². The predicted octanol–water partition coefficient (Wildman–Crippen LogP) is 6.53. The summed E-state index contributed by atoms with van der Waals surface area (Å²) in [6.45, 7) is 5.08. The monoisotopic (exact) mass is 1010 g/mol. The maximum atomic E-state index is 14.6. The topological polar surface area (TPSA) is 210 Å². The van der Waals surface area contributed by atoms with E-state index in [2.05, 4.69) is 0 Å². The van der Waals surface area contributed by atoms with E-state index in [1.54, 1.807) is 100 Å². The Morgan fingerprint density at radius 2 is 0.541 bits per heavy atom. The Bertz CT molecular complexity index is 2610. The lowest BCUT2D eigenvalue weighted by atomic mass is 9.85. The Morgan fingerprint density at radius 3 is 0.743 bits per heavy atom. The number of ketones is 4. The number of carbonyl (C=O) groups excluding carboxylic acids is 8. The van der Waals surface area contributed by atoms with Gasteiger partial charge in [0.2, 0.25) is 0 Å². The van der Waals surface area contributed by atoms with E-state index in [4.69, 9.17) is 37.9 Å². The molecule has 0 fully saturated rings. The van der Waals surface area contributed by atoms with Gasteiger partial charge in [-0.3, -0.25) is 19.2 Å². The van der Waals surface area contributed by atoms with Crippen LogP contribution in [0, 0.1) is 0 Å². The molecule has 16 heteroatoms. The third-order valence-electron chi connectivity index (χ3n) is 12.0. The highest BCUT2D eigenvalue weighted by Crippen LogP contribution is 2.38. The number of allylic oxidation sites excluding steroid dienone is 8. The van der Waals surface area contributed by atoms with Gasteiger partial charge in [-0.05, 0) is 96.5 Å². The number of hydrogen-bond donors (Lipinski definition) is 0. The second kappa shape index (κ2) is 25.3. The van der Waals surface area contributed by atoms with Gasteiger partial charge in [-0.15, -0.1) is 0 Å². The number of fused-ring (bicyclic) bond motifs is 12. The molecule has 0 saturated heterocycles. The lowest BCUT2D eigenvalue weighted by molar-refractivity contribution is -0.146. The lowest BCUT2D eigenvalue weighted by Gasteiger charge is -2.22. The van der Waals surface area contributed by atoms with Crippen molar-refractivity contribution < 1.29 is 76.3 Å². The van der Waals surface area contributed by atoms with E-state index >= 15 is 0 Å². The van der Waals surface area contributed by atoms with Crippen LogP contribution >= 0.6 is 0 Å². The quantitative estimate of drug-likeness (QED) is 0.0664. The number of benzene rings is 4. The van der Waals surface area contributed by atoms with Crippen LogP contribution in [0.2, 0.25) is 0 Å². The molecule has 0 aliphatic heterocycles. The average molecular weight is 1010 g/mol. The molecule has 0 N–H and O–H groups in total. The van der Waals surface area contributed by atoms with Crippen LogP contribution in [0.3, 0.4) is 0 Å². The Labute approximate surface area is 427 Å². The largest absolute Gasteiger partial charge is 0.481 e. The molecule has 16 nitrogen and oxygen atoms in total. The summed E-state index contributed by atoms with van der Waals surface area (Å²) in [5.41, 5.74) is 4.50. The molecule has 7 rings (SSSR count). The van der Waals surface area contributed by atoms with Gasteiger partial charge in [0.15, 0.2) is 49.6 Å². The smallest absolute Gasteiger partial charge is 0.344 e. The Morgan fingerprint density at radius 1 is 0.338 bits per heavy atom. The van der Waals surface area contributed by atoms with E-state index in [1.807, 2.05) is 0 Å². The summed E-state index contributed by atoms with van der Waals surface area (Å²) in [5, 5.41) is 0. The van der Waals surface area contributed by atoms with Crippen LogP contribution in [0.15, 0.2) is 119 Å². The Hall–Kier alpha value is -8.40. The van der Waals surface area contributed by atoms with Crippen LogP contribution in [0.25, 0.3) is 0 Å². The molecule has 0 saturated carbocycles. The first kappa shape index (κ1) is 53.4. The van der Waals surface area contributed by atoms with Gasteiger partial charge in [0.1, 0.15) is 23.0 Å². The van der Waals surface area contributed by atoms with E-state index in [1.165, 1.54) is 24.3 Å². The maximum absolute atomic E-state index is 14.6. The summed E-state index contributed by atoms with van der Waals surface area (Å²) in [6, 6.07) is 20.9. The molecule has 0 aromatic heterocycles. The minimum Gasteiger partial charge on any atom is -0.481 e. The van der Waals surface area contributed by atoms with Crippen molar-refractivity contribution in [1.29, 1.82) is 0 Å². The molecule has 0 amide bonds. The zero-order valence-electron chi connectivity index (χ0n) is 41.7. The highest BCUT2D eigenvalue weighted by Gasteiger charge is 2.29. The fourth-order valence-electron chi connectivity index (χ4n) is 8.94. The van der Waals surface area contributed by atoms with Gasteiger partial charge in [-0.1, -0.05) is 72.8 Å². The van der Waals surface area contributed by atoms with Gasteiger partial charge in [-0.2, -0.15) is 0 Å². The molecular formula is C58H56O16. The molecule has 12 bridgehead atoms. The van der Waals surface area contributed by atoms with Crippen molar-refractivity contribution in [3.8, 4) is 23.0 Å². The van der Waals surface area contributed by atoms with Crippen LogP contribution in [0.4, 0.5) is 0 Å². The van der Waals surface area contributed by atoms with E-state index in [0.717, 1.165) is 0 Å². The molecule has 0 atom stereocenters. The minimum atomic E-state index is -0.647. The molecule has 0 unspecified atom stereocenters. The molecule has 384 valence electrons. The summed E-state index contributed by atoms with van der Waals surface area (Å²) in [6.07, 6.45) is 4.78. The molecule has 74 heavy (non-hydrogen) atoms. The lowest BCUT2D eigenvalue weighted by Crippen LogP contribution is -2.21. The minimum absolute atomic E-state index is 0.0714. The number of para-hydroxylation sites is 4. The maximum Gasteiger partial charge on any atom is 0.344 e. The SMILES string of the molecule is CCOC(=O)COc1c2cccc1Cc1cccc(c1OCC(=O)OCC)CC1=CC(=O)C=C(Cc3cccc(c3OCC(=O)OCC)Cc3cccc(c3OCC(=O)OCC)CC3=CC(=O)C=C(C2)C3=O)C1=O. The molecule has 0 spiro atoms. The Kier molecular flexibility index (Phi) is 18.3. The van der Waals surface area contributed by atoms with Gasteiger partial charge in [0.25, 0.3) is 0 Å². The average Bonchev–Trinajstić information content (AvgIpc) is 3.36. The normalized spacial score (nSPS) is 14.4. The van der Waals surface area contributed by atoms with Crippen LogP contribution in [0.5, 0.6) is 23.0 Å². The molecule has 0 radical (unpaired) electrons. The Balaban J connectivity index is 1.40. The first-order valence-electron chi connectivity index (χ1n) is 24.3. The molecule has 3 aliphatic carbocycles. The van der Waals surface area contributed by atoms with Crippen molar-refractivity contribution in [2.45, 2.75) is 66.2 Å². The van der Waals surface area contributed by atoms with Crippen LogP contribution < -0.4 is 18.9 Å². The number of carbonyl (C=O) groups is 8. The number of ether oxygens (including phenoxy) is 8. The van der Waals surface area contributed by atoms with Gasteiger partial charge in [0.05, 0.1) is 26.4 Å². The summed E-state index contributed by atoms with van der Waals surface area (Å²) < 4.78 is 45.6.